The molecule has 4 rings (SSSR count). The van der Waals surface area contributed by atoms with E-state index in [0.29, 0.717) is 55.4 Å². The van der Waals surface area contributed by atoms with E-state index in [9.17, 15) is 13.2 Å². The molecule has 0 amide bonds. The minimum absolute atomic E-state index is 0.0426. The van der Waals surface area contributed by atoms with Crippen molar-refractivity contribution < 1.29 is 13.2 Å². The number of sulfonamides is 1. The summed E-state index contributed by atoms with van der Waals surface area (Å²) in [6.45, 7) is 9.06. The van der Waals surface area contributed by atoms with Crippen molar-refractivity contribution in [2.24, 2.45) is 17.8 Å². The number of piperidine rings is 1. The van der Waals surface area contributed by atoms with Gasteiger partial charge in [-0.05, 0) is 82.9 Å². The van der Waals surface area contributed by atoms with Crippen LogP contribution in [0.2, 0.25) is 0 Å². The van der Waals surface area contributed by atoms with Gasteiger partial charge in [-0.15, -0.1) is 0 Å². The maximum atomic E-state index is 13.6. The Bertz CT molecular complexity index is 1140. The van der Waals surface area contributed by atoms with Crippen LogP contribution in [0.5, 0.6) is 0 Å². The second-order valence-corrected chi connectivity index (χ2v) is 13.2. The van der Waals surface area contributed by atoms with Crippen LogP contribution in [0.15, 0.2) is 59.3 Å². The van der Waals surface area contributed by atoms with Crippen LogP contribution in [0.25, 0.3) is 0 Å². The lowest BCUT2D eigenvalue weighted by Crippen LogP contribution is -2.42. The van der Waals surface area contributed by atoms with Crippen LogP contribution < -0.4 is 0 Å². The lowest BCUT2D eigenvalue weighted by molar-refractivity contribution is -0.124. The molecule has 2 aliphatic heterocycles. The molecule has 5 nitrogen and oxygen atoms in total. The fourth-order valence-corrected chi connectivity index (χ4v) is 7.33. The Hall–Kier alpha value is -2.18. The van der Waals surface area contributed by atoms with Crippen LogP contribution in [-0.2, 0) is 21.2 Å². The van der Waals surface area contributed by atoms with Crippen LogP contribution in [-0.4, -0.2) is 42.5 Å². The zero-order chi connectivity index (χ0) is 25.9. The predicted octanol–water partition coefficient (Wildman–Crippen LogP) is 5.98. The minimum atomic E-state index is -3.55. The molecule has 2 atom stereocenters. The summed E-state index contributed by atoms with van der Waals surface area (Å²) < 4.78 is 28.8. The number of benzene rings is 1. The van der Waals surface area contributed by atoms with Crippen LogP contribution in [0.4, 0.5) is 0 Å². The molecule has 1 aromatic rings. The van der Waals surface area contributed by atoms with Gasteiger partial charge in [0.15, 0.2) is 0 Å². The first-order chi connectivity index (χ1) is 17.1. The normalized spacial score (nSPS) is 22.2. The first-order valence-electron chi connectivity index (χ1n) is 13.6. The molecule has 0 saturated carbocycles. The Kier molecular flexibility index (Phi) is 8.56. The van der Waals surface area contributed by atoms with E-state index >= 15 is 0 Å². The van der Waals surface area contributed by atoms with Crippen molar-refractivity contribution >= 4 is 15.8 Å². The number of ketones is 1. The molecule has 0 aromatic heterocycles. The fraction of sp³-hybridized carbons (Fsp3) is 0.567. The minimum Gasteiger partial charge on any atom is -0.351 e. The van der Waals surface area contributed by atoms with Crippen LogP contribution in [0, 0.1) is 24.7 Å². The molecule has 0 spiro atoms. The van der Waals surface area contributed by atoms with Crippen molar-refractivity contribution in [1.29, 1.82) is 0 Å². The zero-order valence-corrected chi connectivity index (χ0v) is 23.1. The lowest BCUT2D eigenvalue weighted by Gasteiger charge is -2.33. The molecular weight excluding hydrogens is 468 g/mol. The van der Waals surface area contributed by atoms with E-state index in [4.69, 9.17) is 0 Å². The monoisotopic (exact) mass is 510 g/mol. The summed E-state index contributed by atoms with van der Waals surface area (Å²) in [5.41, 5.74) is 4.02. The van der Waals surface area contributed by atoms with E-state index in [1.165, 1.54) is 16.7 Å². The fourth-order valence-electron chi connectivity index (χ4n) is 5.48. The highest BCUT2D eigenvalue weighted by molar-refractivity contribution is 7.93. The van der Waals surface area contributed by atoms with Crippen molar-refractivity contribution in [3.05, 3.63) is 70.4 Å². The number of hydrogen-bond donors (Lipinski definition) is 0. The summed E-state index contributed by atoms with van der Waals surface area (Å²) in [6, 6.07) is 8.78. The predicted molar refractivity (Wildman–Crippen MR) is 147 cm³/mol. The number of aryl methyl sites for hydroxylation is 1. The average Bonchev–Trinajstić information content (AvgIpc) is 3.66. The third-order valence-corrected chi connectivity index (χ3v) is 9.96. The molecule has 1 saturated heterocycles. The Balaban J connectivity index is 1.37. The van der Waals surface area contributed by atoms with Crippen molar-refractivity contribution in [3.63, 3.8) is 0 Å². The quantitative estimate of drug-likeness (QED) is 0.363. The number of carbonyl (C=O) groups is 1. The van der Waals surface area contributed by atoms with E-state index in [-0.39, 0.29) is 17.9 Å². The smallest absolute Gasteiger partial charge is 0.240 e. The lowest BCUT2D eigenvalue weighted by atomic mass is 9.84. The maximum absolute atomic E-state index is 13.6. The average molecular weight is 511 g/mol. The van der Waals surface area contributed by atoms with Gasteiger partial charge in [0.1, 0.15) is 5.78 Å². The van der Waals surface area contributed by atoms with E-state index in [0.717, 1.165) is 19.3 Å². The van der Waals surface area contributed by atoms with Crippen molar-refractivity contribution in [1.82, 2.24) is 9.21 Å². The number of nitrogens with zero attached hydrogens (tertiary/aromatic N) is 2. The Morgan fingerprint density at radius 1 is 1.14 bits per heavy atom. The molecule has 0 N–H and O–H groups in total. The van der Waals surface area contributed by atoms with Crippen molar-refractivity contribution in [2.75, 3.05) is 13.1 Å². The Morgan fingerprint density at radius 3 is 2.50 bits per heavy atom. The second-order valence-electron chi connectivity index (χ2n) is 11.3. The van der Waals surface area contributed by atoms with Crippen molar-refractivity contribution in [2.45, 2.75) is 78.7 Å². The number of hydrogen-bond acceptors (Lipinski definition) is 4. The van der Waals surface area contributed by atoms with E-state index in [1.807, 2.05) is 24.2 Å². The maximum Gasteiger partial charge on any atom is 0.240 e. The topological polar surface area (TPSA) is 57.7 Å². The molecule has 6 heteroatoms. The SMILES string of the molecule is Cc1cccc(CC(CC(=O)C2CCN(S(=O)(=O)C3=CN(C(C)C)C=CCC3C)CC2)CC2=CC2)c1. The van der Waals surface area contributed by atoms with E-state index in [2.05, 4.69) is 57.2 Å². The van der Waals surface area contributed by atoms with E-state index < -0.39 is 10.0 Å². The standard InChI is InChI=1S/C30H42N2O3S/c1-22(2)31-14-6-8-24(4)30(21-31)36(34,35)32-15-12-28(13-16-32)29(33)20-27(18-25-10-11-25)19-26-9-5-7-23(3)17-26/h5-7,9-10,14,17,21-22,24,27-28H,8,11-13,15-16,18-20H2,1-4H3. The van der Waals surface area contributed by atoms with Crippen LogP contribution in [0.3, 0.4) is 0 Å². The summed E-state index contributed by atoms with van der Waals surface area (Å²) in [7, 11) is -3.55. The van der Waals surface area contributed by atoms with Gasteiger partial charge < -0.3 is 4.90 Å². The van der Waals surface area contributed by atoms with Gasteiger partial charge in [0.25, 0.3) is 0 Å². The first kappa shape index (κ1) is 26.9. The number of rotatable bonds is 10. The van der Waals surface area contributed by atoms with Gasteiger partial charge in [-0.2, -0.15) is 4.31 Å². The molecule has 196 valence electrons. The molecule has 3 aliphatic rings. The summed E-state index contributed by atoms with van der Waals surface area (Å²) >= 11 is 0. The van der Waals surface area contributed by atoms with Gasteiger partial charge in [0, 0.05) is 37.7 Å². The van der Waals surface area contributed by atoms with Gasteiger partial charge in [-0.3, -0.25) is 4.79 Å². The highest BCUT2D eigenvalue weighted by Crippen LogP contribution is 2.34. The van der Waals surface area contributed by atoms with Crippen molar-refractivity contribution in [3.8, 4) is 0 Å². The highest BCUT2D eigenvalue weighted by Gasteiger charge is 2.36. The van der Waals surface area contributed by atoms with Gasteiger partial charge in [-0.1, -0.05) is 54.5 Å². The largest absolute Gasteiger partial charge is 0.351 e. The summed E-state index contributed by atoms with van der Waals surface area (Å²) in [6.07, 6.45) is 13.7. The zero-order valence-electron chi connectivity index (χ0n) is 22.3. The van der Waals surface area contributed by atoms with Gasteiger partial charge >= 0.3 is 0 Å². The number of carbonyl (C=O) groups excluding carboxylic acids is 1. The first-order valence-corrected chi connectivity index (χ1v) is 15.0. The Morgan fingerprint density at radius 2 is 1.86 bits per heavy atom. The third kappa shape index (κ3) is 6.77. The summed E-state index contributed by atoms with van der Waals surface area (Å²) in [4.78, 5) is 15.8. The molecule has 0 bridgehead atoms. The summed E-state index contributed by atoms with van der Waals surface area (Å²) in [5.74, 6) is 0.525. The van der Waals surface area contributed by atoms with Crippen LogP contribution in [0.1, 0.15) is 70.4 Å². The number of allylic oxidation sites excluding steroid dienone is 4. The molecule has 0 radical (unpaired) electrons. The number of Topliss-reactive ketones (excluding diaryl/α,β-unsaturated/α-hetero) is 1. The molecule has 36 heavy (non-hydrogen) atoms. The molecule has 2 heterocycles. The van der Waals surface area contributed by atoms with Crippen LogP contribution >= 0.6 is 0 Å². The third-order valence-electron chi connectivity index (χ3n) is 7.81. The second kappa shape index (κ2) is 11.5. The van der Waals surface area contributed by atoms with Gasteiger partial charge in [0.2, 0.25) is 10.0 Å². The molecule has 1 fully saturated rings. The van der Waals surface area contributed by atoms with E-state index in [1.54, 1.807) is 4.31 Å². The highest BCUT2D eigenvalue weighted by atomic mass is 32.2. The Labute approximate surface area is 218 Å². The molecule has 2 unspecified atom stereocenters. The summed E-state index contributed by atoms with van der Waals surface area (Å²) in [5, 5.41) is 0. The van der Waals surface area contributed by atoms with Gasteiger partial charge in [0.05, 0.1) is 4.91 Å². The molecule has 1 aliphatic carbocycles. The molecular formula is C30H42N2O3S. The molecule has 1 aromatic carbocycles. The van der Waals surface area contributed by atoms with Gasteiger partial charge in [-0.25, -0.2) is 8.42 Å².